The Balaban J connectivity index is 2.43. The number of rotatable bonds is 3. The van der Waals surface area contributed by atoms with E-state index in [2.05, 4.69) is 4.98 Å². The molecule has 1 aromatic rings. The molecule has 0 aliphatic carbocycles. The number of aliphatic hydroxyl groups excluding tert-OH is 2. The van der Waals surface area contributed by atoms with Crippen molar-refractivity contribution in [3.63, 3.8) is 0 Å². The number of aromatic nitrogens is 2. The SMILES string of the molecule is [15NH2]c1[15n]c(=O)n([C@@H]2O[C@H](CO)[C@@H](O)[C@H]2F)cc1C=O. The summed E-state index contributed by atoms with van der Waals surface area (Å²) in [5.74, 6) is -0.274. The Morgan fingerprint density at radius 2 is 2.32 bits per heavy atom. The second kappa shape index (κ2) is 5.03. The second-order valence-electron chi connectivity index (χ2n) is 4.07. The van der Waals surface area contributed by atoms with Gasteiger partial charge in [0.15, 0.2) is 18.7 Å². The van der Waals surface area contributed by atoms with Crippen LogP contribution in [0.4, 0.5) is 10.2 Å². The van der Waals surface area contributed by atoms with E-state index in [-0.39, 0.29) is 11.4 Å². The fourth-order valence-electron chi connectivity index (χ4n) is 1.85. The van der Waals surface area contributed by atoms with E-state index in [1.807, 2.05) is 0 Å². The molecule has 8 nitrogen and oxygen atoms in total. The molecule has 0 spiro atoms. The number of halogens is 1. The van der Waals surface area contributed by atoms with Gasteiger partial charge in [-0.15, -0.1) is 0 Å². The maximum atomic E-state index is 13.8. The maximum absolute atomic E-state index is 13.8. The van der Waals surface area contributed by atoms with E-state index in [1.54, 1.807) is 0 Å². The number of carbonyl (C=O) groups excluding carboxylic acids is 1. The van der Waals surface area contributed by atoms with Gasteiger partial charge >= 0.3 is 5.69 Å². The number of hydrogen-bond donors (Lipinski definition) is 3. The quantitative estimate of drug-likeness (QED) is 0.439. The molecule has 1 saturated heterocycles. The summed E-state index contributed by atoms with van der Waals surface area (Å²) >= 11 is 0. The minimum Gasteiger partial charge on any atom is -0.394 e. The monoisotopic (exact) mass is 275 g/mol. The lowest BCUT2D eigenvalue weighted by atomic mass is 10.1. The van der Waals surface area contributed by atoms with Crippen LogP contribution in [0.15, 0.2) is 11.0 Å². The Kier molecular flexibility index (Phi) is 3.60. The van der Waals surface area contributed by atoms with Crippen molar-refractivity contribution in [2.24, 2.45) is 0 Å². The summed E-state index contributed by atoms with van der Waals surface area (Å²) in [5.41, 5.74) is 4.32. The highest BCUT2D eigenvalue weighted by molar-refractivity contribution is 5.80. The van der Waals surface area contributed by atoms with Crippen LogP contribution in [0.25, 0.3) is 0 Å². The first-order valence-electron chi connectivity index (χ1n) is 5.42. The number of hydrogen-bond acceptors (Lipinski definition) is 7. The summed E-state index contributed by atoms with van der Waals surface area (Å²) in [6.45, 7) is -0.601. The molecule has 104 valence electrons. The van der Waals surface area contributed by atoms with Gasteiger partial charge in [0.1, 0.15) is 18.0 Å². The molecule has 4 N–H and O–H groups in total. The van der Waals surface area contributed by atoms with Gasteiger partial charge in [0.25, 0.3) is 0 Å². The molecule has 0 bridgehead atoms. The van der Waals surface area contributed by atoms with Crippen molar-refractivity contribution in [3.05, 3.63) is 22.2 Å². The van der Waals surface area contributed by atoms with E-state index in [0.717, 1.165) is 10.8 Å². The topological polar surface area (TPSA) is 128 Å². The fourth-order valence-corrected chi connectivity index (χ4v) is 1.85. The third kappa shape index (κ3) is 2.23. The van der Waals surface area contributed by atoms with E-state index in [9.17, 15) is 19.1 Å². The zero-order valence-corrected chi connectivity index (χ0v) is 9.64. The zero-order valence-electron chi connectivity index (χ0n) is 9.64. The second-order valence-corrected chi connectivity index (χ2v) is 4.07. The summed E-state index contributed by atoms with van der Waals surface area (Å²) in [7, 11) is 0. The van der Waals surface area contributed by atoms with Gasteiger partial charge < -0.3 is 20.7 Å². The number of alkyl halides is 1. The Morgan fingerprint density at radius 1 is 1.63 bits per heavy atom. The first kappa shape index (κ1) is 13.6. The summed E-state index contributed by atoms with van der Waals surface area (Å²) in [6, 6.07) is 0. The fraction of sp³-hybridized carbons (Fsp3) is 0.500. The molecule has 2 rings (SSSR count). The Labute approximate surface area is 106 Å². The predicted molar refractivity (Wildman–Crippen MR) is 60.2 cm³/mol. The number of nitrogen functional groups attached to an aromatic ring is 1. The van der Waals surface area contributed by atoms with Crippen molar-refractivity contribution in [1.29, 1.82) is 0 Å². The highest BCUT2D eigenvalue weighted by Crippen LogP contribution is 2.30. The lowest BCUT2D eigenvalue weighted by Crippen LogP contribution is -2.34. The van der Waals surface area contributed by atoms with E-state index in [4.69, 9.17) is 15.6 Å². The first-order valence-corrected chi connectivity index (χ1v) is 5.42. The van der Waals surface area contributed by atoms with Gasteiger partial charge in [-0.25, -0.2) is 9.18 Å². The van der Waals surface area contributed by atoms with Crippen LogP contribution >= 0.6 is 0 Å². The number of ether oxygens (including phenoxy) is 1. The number of anilines is 1. The van der Waals surface area contributed by atoms with Crippen LogP contribution in [0.5, 0.6) is 0 Å². The van der Waals surface area contributed by atoms with Gasteiger partial charge in [0.05, 0.1) is 12.2 Å². The third-order valence-corrected chi connectivity index (χ3v) is 2.89. The summed E-state index contributed by atoms with van der Waals surface area (Å²) in [5, 5.41) is 18.4. The molecule has 1 aliphatic rings. The van der Waals surface area contributed by atoms with Crippen LogP contribution in [0.2, 0.25) is 0 Å². The van der Waals surface area contributed by atoms with Gasteiger partial charge in [0, 0.05) is 6.20 Å². The largest absolute Gasteiger partial charge is 0.394 e. The van der Waals surface area contributed by atoms with Crippen LogP contribution in [0.1, 0.15) is 16.6 Å². The molecule has 2 heterocycles. The minimum atomic E-state index is -1.93. The van der Waals surface area contributed by atoms with Crippen molar-refractivity contribution in [3.8, 4) is 0 Å². The van der Waals surface area contributed by atoms with Gasteiger partial charge in [-0.05, 0) is 0 Å². The molecule has 4 atom stereocenters. The molecule has 0 amide bonds. The van der Waals surface area contributed by atoms with Gasteiger partial charge in [-0.2, -0.15) is 4.98 Å². The maximum Gasteiger partial charge on any atom is 0.351 e. The summed E-state index contributed by atoms with van der Waals surface area (Å²) < 4.78 is 19.6. The lowest BCUT2D eigenvalue weighted by molar-refractivity contribution is -0.0491. The molecule has 1 fully saturated rings. The molecule has 0 radical (unpaired) electrons. The van der Waals surface area contributed by atoms with Crippen LogP contribution < -0.4 is 11.4 Å². The van der Waals surface area contributed by atoms with Gasteiger partial charge in [-0.3, -0.25) is 9.36 Å². The Hall–Kier alpha value is -1.84. The molecule has 1 aliphatic heterocycles. The summed E-state index contributed by atoms with van der Waals surface area (Å²) in [4.78, 5) is 25.7. The smallest absolute Gasteiger partial charge is 0.351 e. The van der Waals surface area contributed by atoms with E-state index in [0.29, 0.717) is 6.29 Å². The first-order chi connectivity index (χ1) is 8.99. The standard InChI is InChI=1S/C10H12FN3O5/c11-6-7(17)5(3-16)19-9(6)14-1-4(2-15)8(12)13-10(14)18/h1-2,5-7,9,16-17H,3H2,(H2,12,13,18)/t5-,6-,7-,9-/m1/s1/i12+1,13+1. The molecule has 1 aromatic heterocycles. The molecule has 0 saturated carbocycles. The molecular formula is C10H12FN3O5. The van der Waals surface area contributed by atoms with E-state index >= 15 is 0 Å². The molecule has 9 heteroatoms. The highest BCUT2D eigenvalue weighted by atomic mass is 19.1. The number of aliphatic hydroxyl groups is 2. The van der Waals surface area contributed by atoms with E-state index < -0.39 is 36.9 Å². The van der Waals surface area contributed by atoms with Crippen LogP contribution in [-0.2, 0) is 4.74 Å². The zero-order chi connectivity index (χ0) is 14.2. The van der Waals surface area contributed by atoms with Crippen molar-refractivity contribution in [2.75, 3.05) is 12.3 Å². The number of carbonyl (C=O) groups is 1. The van der Waals surface area contributed by atoms with Crippen molar-refractivity contribution in [2.45, 2.75) is 24.6 Å². The van der Waals surface area contributed by atoms with Crippen LogP contribution in [0, 0.1) is 0 Å². The highest BCUT2D eigenvalue weighted by Gasteiger charge is 2.45. The van der Waals surface area contributed by atoms with E-state index in [1.165, 1.54) is 0 Å². The molecular weight excluding hydrogens is 263 g/mol. The average Bonchev–Trinajstić information content (AvgIpc) is 2.67. The predicted octanol–water partition coefficient (Wildman–Crippen LogP) is -1.77. The van der Waals surface area contributed by atoms with Crippen LogP contribution in [0.3, 0.4) is 0 Å². The number of aldehydes is 1. The molecule has 19 heavy (non-hydrogen) atoms. The van der Waals surface area contributed by atoms with Gasteiger partial charge in [0.2, 0.25) is 0 Å². The van der Waals surface area contributed by atoms with Crippen molar-refractivity contribution < 1.29 is 24.1 Å². The van der Waals surface area contributed by atoms with Crippen LogP contribution in [-0.4, -0.2) is 51.0 Å². The number of nitrogens with two attached hydrogens (primary N) is 1. The Morgan fingerprint density at radius 3 is 2.84 bits per heavy atom. The van der Waals surface area contributed by atoms with Crippen molar-refractivity contribution in [1.82, 2.24) is 9.55 Å². The Bertz CT molecular complexity index is 548. The minimum absolute atomic E-state index is 0.0997. The van der Waals surface area contributed by atoms with Crippen molar-refractivity contribution >= 4 is 12.1 Å². The summed E-state index contributed by atoms with van der Waals surface area (Å²) in [6.07, 6.45) is -4.75. The lowest BCUT2D eigenvalue weighted by Gasteiger charge is -2.16. The number of nitrogens with zero attached hydrogens (tertiary/aromatic N) is 2. The normalized spacial score (nSPS) is 30.5. The molecule has 0 unspecified atom stereocenters. The molecule has 0 aromatic carbocycles. The third-order valence-electron chi connectivity index (χ3n) is 2.89. The average molecular weight is 275 g/mol. The van der Waals surface area contributed by atoms with Gasteiger partial charge in [-0.1, -0.05) is 0 Å².